The molecule has 1 heterocycles. The van der Waals surface area contributed by atoms with Gasteiger partial charge in [-0.1, -0.05) is 13.3 Å². The highest BCUT2D eigenvalue weighted by Crippen LogP contribution is 2.23. The van der Waals surface area contributed by atoms with Gasteiger partial charge in [0.15, 0.2) is 0 Å². The molecule has 0 fully saturated rings. The van der Waals surface area contributed by atoms with Gasteiger partial charge in [-0.3, -0.25) is 10.1 Å². The zero-order valence-corrected chi connectivity index (χ0v) is 11.1. The van der Waals surface area contributed by atoms with E-state index in [1.54, 1.807) is 0 Å². The highest BCUT2D eigenvalue weighted by atomic mass is 16.6. The van der Waals surface area contributed by atoms with Gasteiger partial charge in [-0.15, -0.1) is 0 Å². The molecule has 1 aromatic heterocycles. The Balaban J connectivity index is 3.09. The first-order valence-electron chi connectivity index (χ1n) is 5.92. The first-order chi connectivity index (χ1) is 8.76. The Morgan fingerprint density at radius 1 is 1.58 bits per heavy atom. The summed E-state index contributed by atoms with van der Waals surface area (Å²) in [5, 5.41) is 22.8. The molecule has 104 valence electrons. The van der Waals surface area contributed by atoms with Crippen molar-refractivity contribution in [2.45, 2.75) is 39.2 Å². The van der Waals surface area contributed by atoms with E-state index >= 15 is 0 Å². The van der Waals surface area contributed by atoms with Crippen LogP contribution < -0.4 is 5.32 Å². The average Bonchev–Trinajstić information content (AvgIpc) is 2.27. The van der Waals surface area contributed by atoms with Gasteiger partial charge in [0.05, 0.1) is 4.92 Å². The molecule has 0 unspecified atom stereocenters. The lowest BCUT2D eigenvalue weighted by atomic mass is 9.99. The summed E-state index contributed by atoms with van der Waals surface area (Å²) in [6.07, 6.45) is 2.79. The van der Waals surface area contributed by atoms with E-state index in [9.17, 15) is 14.9 Å². The fourth-order valence-corrected chi connectivity index (χ4v) is 1.87. The summed E-state index contributed by atoms with van der Waals surface area (Å²) in [5.74, 6) is -1.02. The summed E-state index contributed by atoms with van der Waals surface area (Å²) < 4.78 is 0. The molecule has 0 amide bonds. The summed E-state index contributed by atoms with van der Waals surface area (Å²) in [6, 6.07) is 1.19. The van der Waals surface area contributed by atoms with E-state index in [2.05, 4.69) is 10.3 Å². The smallest absolute Gasteiger partial charge is 0.342 e. The van der Waals surface area contributed by atoms with Crippen molar-refractivity contribution in [3.05, 3.63) is 27.9 Å². The summed E-state index contributed by atoms with van der Waals surface area (Å²) in [6.45, 7) is 5.95. The highest BCUT2D eigenvalue weighted by Gasteiger charge is 2.23. The van der Waals surface area contributed by atoms with Crippen LogP contribution in [0.4, 0.5) is 11.5 Å². The molecule has 2 N–H and O–H groups in total. The van der Waals surface area contributed by atoms with Crippen LogP contribution in [0.1, 0.15) is 44.0 Å². The fraction of sp³-hybridized carbons (Fsp3) is 0.500. The molecule has 0 saturated heterocycles. The van der Waals surface area contributed by atoms with Crippen molar-refractivity contribution in [1.82, 2.24) is 4.98 Å². The molecule has 0 aromatic carbocycles. The number of rotatable bonds is 6. The van der Waals surface area contributed by atoms with Crippen molar-refractivity contribution in [3.63, 3.8) is 0 Å². The van der Waals surface area contributed by atoms with Crippen molar-refractivity contribution in [1.29, 1.82) is 0 Å². The number of nitrogens with one attached hydrogen (secondary N) is 1. The molecule has 0 atom stereocenters. The zero-order valence-electron chi connectivity index (χ0n) is 11.1. The minimum atomic E-state index is -1.34. The molecule has 19 heavy (non-hydrogen) atoms. The van der Waals surface area contributed by atoms with Crippen molar-refractivity contribution in [3.8, 4) is 0 Å². The van der Waals surface area contributed by atoms with Crippen LogP contribution in [0.15, 0.2) is 12.3 Å². The Labute approximate surface area is 110 Å². The minimum Gasteiger partial charge on any atom is -0.477 e. The lowest BCUT2D eigenvalue weighted by molar-refractivity contribution is -0.385. The van der Waals surface area contributed by atoms with E-state index in [0.29, 0.717) is 5.82 Å². The third-order valence-electron chi connectivity index (χ3n) is 2.65. The predicted molar refractivity (Wildman–Crippen MR) is 70.5 cm³/mol. The Kier molecular flexibility index (Phi) is 4.42. The van der Waals surface area contributed by atoms with Gasteiger partial charge in [-0.05, 0) is 20.3 Å². The van der Waals surface area contributed by atoms with Gasteiger partial charge < -0.3 is 10.4 Å². The minimum absolute atomic E-state index is 0.256. The highest BCUT2D eigenvalue weighted by molar-refractivity contribution is 5.93. The molecule has 1 aromatic rings. The second-order valence-electron chi connectivity index (χ2n) is 4.91. The zero-order chi connectivity index (χ0) is 14.6. The van der Waals surface area contributed by atoms with Gasteiger partial charge >= 0.3 is 11.7 Å². The normalized spacial score (nSPS) is 11.1. The molecule has 7 nitrogen and oxygen atoms in total. The largest absolute Gasteiger partial charge is 0.477 e. The molecule has 1 rings (SSSR count). The topological polar surface area (TPSA) is 105 Å². The number of nitro groups is 1. The van der Waals surface area contributed by atoms with E-state index < -0.39 is 16.6 Å². The van der Waals surface area contributed by atoms with Crippen LogP contribution in [-0.2, 0) is 0 Å². The molecule has 0 aliphatic heterocycles. The predicted octanol–water partition coefficient (Wildman–Crippen LogP) is 2.68. The Morgan fingerprint density at radius 3 is 2.68 bits per heavy atom. The van der Waals surface area contributed by atoms with Gasteiger partial charge in [-0.25, -0.2) is 9.78 Å². The summed E-state index contributed by atoms with van der Waals surface area (Å²) >= 11 is 0. The molecule has 0 bridgehead atoms. The molecule has 0 saturated carbocycles. The van der Waals surface area contributed by atoms with E-state index in [1.807, 2.05) is 20.8 Å². The average molecular weight is 267 g/mol. The van der Waals surface area contributed by atoms with Crippen LogP contribution in [0.5, 0.6) is 0 Å². The number of anilines is 1. The van der Waals surface area contributed by atoms with Crippen LogP contribution in [0.2, 0.25) is 0 Å². The summed E-state index contributed by atoms with van der Waals surface area (Å²) in [7, 11) is 0. The lowest BCUT2D eigenvalue weighted by Crippen LogP contribution is -2.31. The molecule has 0 spiro atoms. The third-order valence-corrected chi connectivity index (χ3v) is 2.65. The second-order valence-corrected chi connectivity index (χ2v) is 4.91. The van der Waals surface area contributed by atoms with Crippen molar-refractivity contribution in [2.24, 2.45) is 0 Å². The molecule has 0 aliphatic carbocycles. The van der Waals surface area contributed by atoms with Gasteiger partial charge in [-0.2, -0.15) is 0 Å². The maximum atomic E-state index is 11.0. The number of carboxylic acids is 1. The number of hydrogen-bond donors (Lipinski definition) is 2. The maximum Gasteiger partial charge on any atom is 0.342 e. The maximum absolute atomic E-state index is 11.0. The number of nitrogens with zero attached hydrogens (tertiary/aromatic N) is 2. The van der Waals surface area contributed by atoms with Crippen LogP contribution in [0, 0.1) is 10.1 Å². The Hall–Kier alpha value is -2.18. The standard InChI is InChI=1S/C12H17N3O4/c1-4-5-12(2,3)14-10-6-8(11(16)17)9(7-13-10)15(18)19/h6-7H,4-5H2,1-3H3,(H,13,14)(H,16,17). The summed E-state index contributed by atoms with van der Waals surface area (Å²) in [4.78, 5) is 24.9. The Bertz CT molecular complexity index is 500. The van der Waals surface area contributed by atoms with Crippen LogP contribution in [0.25, 0.3) is 0 Å². The quantitative estimate of drug-likeness (QED) is 0.606. The molecular weight excluding hydrogens is 250 g/mol. The van der Waals surface area contributed by atoms with E-state index in [4.69, 9.17) is 5.11 Å². The monoisotopic (exact) mass is 267 g/mol. The first-order valence-corrected chi connectivity index (χ1v) is 5.92. The molecule has 0 radical (unpaired) electrons. The van der Waals surface area contributed by atoms with Gasteiger partial charge in [0, 0.05) is 11.6 Å². The Morgan fingerprint density at radius 2 is 2.21 bits per heavy atom. The van der Waals surface area contributed by atoms with Gasteiger partial charge in [0.1, 0.15) is 17.6 Å². The number of aromatic carboxylic acids is 1. The van der Waals surface area contributed by atoms with E-state index in [1.165, 1.54) is 6.07 Å². The van der Waals surface area contributed by atoms with E-state index in [-0.39, 0.29) is 11.1 Å². The number of aromatic nitrogens is 1. The van der Waals surface area contributed by atoms with Crippen molar-refractivity contribution in [2.75, 3.05) is 5.32 Å². The van der Waals surface area contributed by atoms with Crippen molar-refractivity contribution >= 4 is 17.5 Å². The van der Waals surface area contributed by atoms with Crippen LogP contribution in [0.3, 0.4) is 0 Å². The number of hydrogen-bond acceptors (Lipinski definition) is 5. The third kappa shape index (κ3) is 3.90. The van der Waals surface area contributed by atoms with Gasteiger partial charge in [0.2, 0.25) is 0 Å². The SMILES string of the molecule is CCCC(C)(C)Nc1cc(C(=O)O)c([N+](=O)[O-])cn1. The summed E-state index contributed by atoms with van der Waals surface area (Å²) in [5.41, 5.74) is -1.13. The fourth-order valence-electron chi connectivity index (χ4n) is 1.87. The lowest BCUT2D eigenvalue weighted by Gasteiger charge is -2.26. The van der Waals surface area contributed by atoms with E-state index in [0.717, 1.165) is 19.0 Å². The number of carboxylic acid groups (broad SMARTS) is 1. The van der Waals surface area contributed by atoms with Crippen LogP contribution in [-0.4, -0.2) is 26.5 Å². The number of carbonyl (C=O) groups is 1. The van der Waals surface area contributed by atoms with Crippen LogP contribution >= 0.6 is 0 Å². The first kappa shape index (κ1) is 14.9. The van der Waals surface area contributed by atoms with Crippen molar-refractivity contribution < 1.29 is 14.8 Å². The molecular formula is C12H17N3O4. The van der Waals surface area contributed by atoms with Gasteiger partial charge in [0.25, 0.3) is 0 Å². The molecule has 7 heteroatoms. The number of pyridine rings is 1. The molecule has 0 aliphatic rings. The second kappa shape index (κ2) is 5.64.